The molecule has 1 fully saturated rings. The summed E-state index contributed by atoms with van der Waals surface area (Å²) in [6.07, 6.45) is 0.233. The van der Waals surface area contributed by atoms with Crippen LogP contribution in [0.4, 0.5) is 5.69 Å². The highest BCUT2D eigenvalue weighted by atomic mass is 35.5. The number of anilines is 1. The lowest BCUT2D eigenvalue weighted by Crippen LogP contribution is -2.48. The average molecular weight is 348 g/mol. The number of nitrogens with two attached hydrogens (primary N) is 1. The summed E-state index contributed by atoms with van der Waals surface area (Å²) in [5.74, 6) is -0.399. The Morgan fingerprint density at radius 1 is 1.55 bits per heavy atom. The molecule has 22 heavy (non-hydrogen) atoms. The maximum Gasteiger partial charge on any atom is 0.239 e. The number of amides is 2. The maximum absolute atomic E-state index is 12.1. The molecule has 2 rings (SSSR count). The van der Waals surface area contributed by atoms with Crippen LogP contribution in [0.15, 0.2) is 24.3 Å². The quantitative estimate of drug-likeness (QED) is 0.830. The van der Waals surface area contributed by atoms with Gasteiger partial charge < -0.3 is 20.7 Å². The molecule has 0 bridgehead atoms. The lowest BCUT2D eigenvalue weighted by atomic mass is 10.2. The molecule has 2 unspecified atom stereocenters. The van der Waals surface area contributed by atoms with E-state index in [1.807, 2.05) is 6.07 Å². The minimum absolute atomic E-state index is 0. The predicted molar refractivity (Wildman–Crippen MR) is 87.5 cm³/mol. The van der Waals surface area contributed by atoms with Crippen LogP contribution in [-0.4, -0.2) is 44.2 Å². The van der Waals surface area contributed by atoms with Gasteiger partial charge in [-0.25, -0.2) is 0 Å². The van der Waals surface area contributed by atoms with Crippen molar-refractivity contribution < 1.29 is 14.3 Å². The Hall–Kier alpha value is -1.34. The van der Waals surface area contributed by atoms with Gasteiger partial charge in [0.2, 0.25) is 11.8 Å². The van der Waals surface area contributed by atoms with Crippen LogP contribution < -0.4 is 16.0 Å². The highest BCUT2D eigenvalue weighted by molar-refractivity contribution is 6.33. The van der Waals surface area contributed by atoms with Crippen molar-refractivity contribution in [1.29, 1.82) is 0 Å². The van der Waals surface area contributed by atoms with Crippen LogP contribution in [-0.2, 0) is 14.3 Å². The number of nitrogens with zero attached hydrogens (tertiary/aromatic N) is 1. The van der Waals surface area contributed by atoms with Gasteiger partial charge in [0, 0.05) is 20.1 Å². The summed E-state index contributed by atoms with van der Waals surface area (Å²) in [5.41, 5.74) is 6.31. The zero-order valence-corrected chi connectivity index (χ0v) is 13.7. The second-order valence-electron chi connectivity index (χ2n) is 4.93. The summed E-state index contributed by atoms with van der Waals surface area (Å²) >= 11 is 6.10. The molecule has 3 N–H and O–H groups in total. The standard InChI is InChI=1S/C14H18ClN3O3.ClH/c1-21-8-11(16)14(20)17-9-6-13(19)18(7-9)12-5-3-2-4-10(12)15;/h2-5,9,11H,6-8,16H2,1H3,(H,17,20);1H. The lowest BCUT2D eigenvalue weighted by molar-refractivity contribution is -0.124. The SMILES string of the molecule is COCC(N)C(=O)NC1CC(=O)N(c2ccccc2Cl)C1.Cl. The predicted octanol–water partition coefficient (Wildman–Crippen LogP) is 0.957. The highest BCUT2D eigenvalue weighted by Crippen LogP contribution is 2.28. The fourth-order valence-corrected chi connectivity index (χ4v) is 2.51. The summed E-state index contributed by atoms with van der Waals surface area (Å²) in [6.45, 7) is 0.523. The molecule has 8 heteroatoms. The molecule has 6 nitrogen and oxygen atoms in total. The van der Waals surface area contributed by atoms with Crippen molar-refractivity contribution in [3.8, 4) is 0 Å². The number of rotatable bonds is 5. The maximum atomic E-state index is 12.1. The molecule has 0 aromatic heterocycles. The van der Waals surface area contributed by atoms with Gasteiger partial charge in [-0.15, -0.1) is 12.4 Å². The Morgan fingerprint density at radius 3 is 2.86 bits per heavy atom. The molecule has 1 aromatic carbocycles. The number of ether oxygens (including phenoxy) is 1. The van der Waals surface area contributed by atoms with Crippen molar-refractivity contribution in [2.75, 3.05) is 25.2 Å². The second kappa shape index (κ2) is 8.33. The van der Waals surface area contributed by atoms with Crippen molar-refractivity contribution >= 4 is 41.5 Å². The zero-order valence-electron chi connectivity index (χ0n) is 12.1. The van der Waals surface area contributed by atoms with Gasteiger partial charge in [-0.05, 0) is 12.1 Å². The van der Waals surface area contributed by atoms with Crippen LogP contribution in [0.3, 0.4) is 0 Å². The van der Waals surface area contributed by atoms with Crippen LogP contribution in [0, 0.1) is 0 Å². The zero-order chi connectivity index (χ0) is 15.4. The van der Waals surface area contributed by atoms with E-state index in [1.54, 1.807) is 23.1 Å². The van der Waals surface area contributed by atoms with Gasteiger partial charge in [-0.3, -0.25) is 9.59 Å². The fraction of sp³-hybridized carbons (Fsp3) is 0.429. The third kappa shape index (κ3) is 4.33. The molecule has 1 aromatic rings. The topological polar surface area (TPSA) is 84.7 Å². The third-order valence-electron chi connectivity index (χ3n) is 3.30. The molecular formula is C14H19Cl2N3O3. The van der Waals surface area contributed by atoms with E-state index in [2.05, 4.69) is 5.32 Å². The normalized spacial score (nSPS) is 18.8. The number of nitrogens with one attached hydrogen (secondary N) is 1. The molecule has 0 saturated carbocycles. The highest BCUT2D eigenvalue weighted by Gasteiger charge is 2.33. The molecule has 0 spiro atoms. The van der Waals surface area contributed by atoms with E-state index in [4.69, 9.17) is 22.1 Å². The van der Waals surface area contributed by atoms with Crippen molar-refractivity contribution in [2.45, 2.75) is 18.5 Å². The number of hydrogen-bond donors (Lipinski definition) is 2. The first kappa shape index (κ1) is 18.7. The monoisotopic (exact) mass is 347 g/mol. The first-order chi connectivity index (χ1) is 10.0. The fourth-order valence-electron chi connectivity index (χ4n) is 2.27. The molecule has 2 atom stereocenters. The summed E-state index contributed by atoms with van der Waals surface area (Å²) in [6, 6.07) is 6.11. The molecule has 1 aliphatic heterocycles. The Balaban J connectivity index is 0.00000242. The van der Waals surface area contributed by atoms with E-state index in [0.717, 1.165) is 0 Å². The van der Waals surface area contributed by atoms with Gasteiger partial charge in [0.25, 0.3) is 0 Å². The van der Waals surface area contributed by atoms with Crippen LogP contribution in [0.25, 0.3) is 0 Å². The molecule has 1 aliphatic rings. The smallest absolute Gasteiger partial charge is 0.239 e. The van der Waals surface area contributed by atoms with E-state index in [9.17, 15) is 9.59 Å². The number of para-hydroxylation sites is 1. The van der Waals surface area contributed by atoms with E-state index < -0.39 is 6.04 Å². The van der Waals surface area contributed by atoms with E-state index >= 15 is 0 Å². The molecule has 122 valence electrons. The van der Waals surface area contributed by atoms with Crippen molar-refractivity contribution in [2.24, 2.45) is 5.73 Å². The van der Waals surface area contributed by atoms with Crippen molar-refractivity contribution in [3.63, 3.8) is 0 Å². The van der Waals surface area contributed by atoms with Gasteiger partial charge in [0.05, 0.1) is 23.4 Å². The van der Waals surface area contributed by atoms with Gasteiger partial charge in [0.1, 0.15) is 6.04 Å². The Labute approximate surface area is 140 Å². The summed E-state index contributed by atoms with van der Waals surface area (Å²) in [4.78, 5) is 25.5. The third-order valence-corrected chi connectivity index (χ3v) is 3.62. The van der Waals surface area contributed by atoms with Crippen molar-refractivity contribution in [3.05, 3.63) is 29.3 Å². The molecule has 0 radical (unpaired) electrons. The second-order valence-corrected chi connectivity index (χ2v) is 5.33. The minimum Gasteiger partial charge on any atom is -0.383 e. The number of methoxy groups -OCH3 is 1. The number of benzene rings is 1. The van der Waals surface area contributed by atoms with Crippen LogP contribution in [0.1, 0.15) is 6.42 Å². The van der Waals surface area contributed by atoms with Crippen LogP contribution in [0.5, 0.6) is 0 Å². The van der Waals surface area contributed by atoms with Crippen LogP contribution in [0.2, 0.25) is 5.02 Å². The number of carbonyl (C=O) groups is 2. The number of halogens is 2. The summed E-state index contributed by atoms with van der Waals surface area (Å²) < 4.78 is 4.84. The minimum atomic E-state index is -0.737. The molecule has 2 amide bonds. The Kier molecular flexibility index (Phi) is 7.09. The Morgan fingerprint density at radius 2 is 2.23 bits per heavy atom. The summed E-state index contributed by atoms with van der Waals surface area (Å²) in [5, 5.41) is 3.27. The molecule has 1 heterocycles. The van der Waals surface area contributed by atoms with Crippen LogP contribution >= 0.6 is 24.0 Å². The van der Waals surface area contributed by atoms with E-state index in [1.165, 1.54) is 7.11 Å². The lowest BCUT2D eigenvalue weighted by Gasteiger charge is -2.19. The van der Waals surface area contributed by atoms with Gasteiger partial charge in [-0.1, -0.05) is 23.7 Å². The molecule has 1 saturated heterocycles. The van der Waals surface area contributed by atoms with Gasteiger partial charge in [0.15, 0.2) is 0 Å². The molecule has 0 aliphatic carbocycles. The van der Waals surface area contributed by atoms with E-state index in [-0.39, 0.29) is 43.3 Å². The largest absolute Gasteiger partial charge is 0.383 e. The van der Waals surface area contributed by atoms with E-state index in [0.29, 0.717) is 17.3 Å². The number of carbonyl (C=O) groups excluding carboxylic acids is 2. The van der Waals surface area contributed by atoms with Gasteiger partial charge >= 0.3 is 0 Å². The number of hydrogen-bond acceptors (Lipinski definition) is 4. The van der Waals surface area contributed by atoms with Gasteiger partial charge in [-0.2, -0.15) is 0 Å². The Bertz CT molecular complexity index is 542. The molecular weight excluding hydrogens is 329 g/mol. The average Bonchev–Trinajstić information content (AvgIpc) is 2.80. The first-order valence-corrected chi connectivity index (χ1v) is 7.00. The first-order valence-electron chi connectivity index (χ1n) is 6.62. The van der Waals surface area contributed by atoms with Crippen molar-refractivity contribution in [1.82, 2.24) is 5.32 Å². The summed E-state index contributed by atoms with van der Waals surface area (Å²) in [7, 11) is 1.48.